The van der Waals surface area contributed by atoms with Gasteiger partial charge in [-0.3, -0.25) is 10.1 Å². The van der Waals surface area contributed by atoms with Gasteiger partial charge in [0.05, 0.1) is 24.7 Å². The molecule has 1 N–H and O–H groups in total. The van der Waals surface area contributed by atoms with Crippen molar-refractivity contribution in [2.24, 2.45) is 0 Å². The number of nitrogens with zero attached hydrogens (tertiary/aromatic N) is 1. The van der Waals surface area contributed by atoms with Crippen LogP contribution in [0.25, 0.3) is 0 Å². The summed E-state index contributed by atoms with van der Waals surface area (Å²) in [5.74, 6) is -0.625. The number of ether oxygens (including phenoxy) is 2. The van der Waals surface area contributed by atoms with E-state index in [2.05, 4.69) is 0 Å². The Morgan fingerprint density at radius 2 is 2.10 bits per heavy atom. The number of hydrogen-bond acceptors (Lipinski definition) is 5. The summed E-state index contributed by atoms with van der Waals surface area (Å²) in [6.45, 7) is 0.312. The van der Waals surface area contributed by atoms with Crippen molar-refractivity contribution in [2.75, 3.05) is 19.6 Å². The van der Waals surface area contributed by atoms with Gasteiger partial charge in [0.25, 0.3) is 5.69 Å². The molecule has 20 heavy (non-hydrogen) atoms. The van der Waals surface area contributed by atoms with Crippen molar-refractivity contribution < 1.29 is 24.3 Å². The van der Waals surface area contributed by atoms with Crippen molar-refractivity contribution in [2.45, 2.75) is 12.8 Å². The van der Waals surface area contributed by atoms with E-state index in [-0.39, 0.29) is 11.5 Å². The van der Waals surface area contributed by atoms with Gasteiger partial charge in [-0.05, 0) is 12.8 Å². The Kier molecular flexibility index (Phi) is 6.05. The zero-order valence-corrected chi connectivity index (χ0v) is 11.6. The molecular weight excluding hydrogens is 290 g/mol. The fraction of sp³-hybridized carbons (Fsp3) is 0.417. The zero-order valence-electron chi connectivity index (χ0n) is 10.8. The number of carbonyl (C=O) groups is 1. The topological polar surface area (TPSA) is 98.9 Å². The lowest BCUT2D eigenvalue weighted by Gasteiger charge is -2.11. The molecule has 1 aromatic carbocycles. The molecule has 0 aromatic heterocycles. The van der Waals surface area contributed by atoms with E-state index < -0.39 is 22.1 Å². The van der Waals surface area contributed by atoms with E-state index >= 15 is 0 Å². The summed E-state index contributed by atoms with van der Waals surface area (Å²) in [7, 11) is 1.33. The first-order chi connectivity index (χ1) is 9.51. The highest BCUT2D eigenvalue weighted by Crippen LogP contribution is 2.34. The van der Waals surface area contributed by atoms with Crippen LogP contribution < -0.4 is 9.47 Å². The molecule has 0 bridgehead atoms. The Labute approximate surface area is 120 Å². The number of rotatable bonds is 8. The van der Waals surface area contributed by atoms with Crippen molar-refractivity contribution in [1.29, 1.82) is 0 Å². The number of alkyl halides is 1. The summed E-state index contributed by atoms with van der Waals surface area (Å²) in [6, 6.07) is 2.14. The van der Waals surface area contributed by atoms with E-state index in [1.54, 1.807) is 0 Å². The Hall–Kier alpha value is -2.02. The molecule has 1 rings (SSSR count). The molecule has 0 atom stereocenters. The van der Waals surface area contributed by atoms with Crippen molar-refractivity contribution >= 4 is 23.3 Å². The van der Waals surface area contributed by atoms with Gasteiger partial charge in [-0.1, -0.05) is 0 Å². The average Bonchev–Trinajstić information content (AvgIpc) is 2.42. The number of benzene rings is 1. The van der Waals surface area contributed by atoms with E-state index in [0.717, 1.165) is 18.6 Å². The molecule has 0 heterocycles. The van der Waals surface area contributed by atoms with Gasteiger partial charge in [-0.15, -0.1) is 11.6 Å². The monoisotopic (exact) mass is 303 g/mol. The summed E-state index contributed by atoms with van der Waals surface area (Å²) < 4.78 is 10.4. The van der Waals surface area contributed by atoms with Gasteiger partial charge in [-0.25, -0.2) is 4.79 Å². The minimum absolute atomic E-state index is 0.138. The summed E-state index contributed by atoms with van der Waals surface area (Å²) in [6.07, 6.45) is 1.43. The number of unbranched alkanes of at least 4 members (excludes halogenated alkanes) is 1. The lowest BCUT2D eigenvalue weighted by atomic mass is 10.1. The standard InChI is InChI=1S/C12H14ClNO6/c1-19-10-6-8(12(15)16)9(14(17)18)7-11(10)20-5-3-2-4-13/h6-7H,2-5H2,1H3,(H,15,16). The molecule has 0 aliphatic rings. The van der Waals surface area contributed by atoms with Gasteiger partial charge in [-0.2, -0.15) is 0 Å². The number of methoxy groups -OCH3 is 1. The van der Waals surface area contributed by atoms with Crippen LogP contribution in [0.1, 0.15) is 23.2 Å². The van der Waals surface area contributed by atoms with Gasteiger partial charge in [0.2, 0.25) is 0 Å². The van der Waals surface area contributed by atoms with Crippen LogP contribution in [0.4, 0.5) is 5.69 Å². The molecular formula is C12H14ClNO6. The third-order valence-corrected chi connectivity index (χ3v) is 2.76. The summed E-state index contributed by atoms with van der Waals surface area (Å²) in [4.78, 5) is 21.1. The van der Waals surface area contributed by atoms with Crippen molar-refractivity contribution in [3.05, 3.63) is 27.8 Å². The largest absolute Gasteiger partial charge is 0.493 e. The average molecular weight is 304 g/mol. The third kappa shape index (κ3) is 3.99. The quantitative estimate of drug-likeness (QED) is 0.343. The minimum atomic E-state index is -1.40. The van der Waals surface area contributed by atoms with Crippen LogP contribution in [-0.4, -0.2) is 35.6 Å². The van der Waals surface area contributed by atoms with Crippen LogP contribution in [-0.2, 0) is 0 Å². The first-order valence-electron chi connectivity index (χ1n) is 5.79. The number of carboxylic acid groups (broad SMARTS) is 1. The van der Waals surface area contributed by atoms with Crippen molar-refractivity contribution in [3.8, 4) is 11.5 Å². The maximum atomic E-state index is 11.0. The Balaban J connectivity index is 3.07. The van der Waals surface area contributed by atoms with Crippen LogP contribution in [0, 0.1) is 10.1 Å². The normalized spacial score (nSPS) is 10.1. The lowest BCUT2D eigenvalue weighted by molar-refractivity contribution is -0.385. The predicted molar refractivity (Wildman–Crippen MR) is 72.1 cm³/mol. The predicted octanol–water partition coefficient (Wildman–Crippen LogP) is 2.70. The fourth-order valence-corrected chi connectivity index (χ4v) is 1.71. The molecule has 0 saturated carbocycles. The van der Waals surface area contributed by atoms with Crippen LogP contribution >= 0.6 is 11.6 Å². The molecule has 110 valence electrons. The second kappa shape index (κ2) is 7.54. The van der Waals surface area contributed by atoms with E-state index in [0.29, 0.717) is 18.9 Å². The van der Waals surface area contributed by atoms with Gasteiger partial charge in [0, 0.05) is 11.9 Å². The van der Waals surface area contributed by atoms with Crippen LogP contribution in [0.5, 0.6) is 11.5 Å². The van der Waals surface area contributed by atoms with Crippen LogP contribution in [0.2, 0.25) is 0 Å². The highest BCUT2D eigenvalue weighted by molar-refractivity contribution is 6.17. The fourth-order valence-electron chi connectivity index (χ4n) is 1.52. The molecule has 8 heteroatoms. The number of nitro groups is 1. The molecule has 0 radical (unpaired) electrons. The zero-order chi connectivity index (χ0) is 15.1. The Bertz CT molecular complexity index is 505. The maximum Gasteiger partial charge on any atom is 0.342 e. The third-order valence-electron chi connectivity index (χ3n) is 2.49. The number of halogens is 1. The molecule has 1 aromatic rings. The van der Waals surface area contributed by atoms with E-state index in [1.165, 1.54) is 7.11 Å². The van der Waals surface area contributed by atoms with Crippen LogP contribution in [0.3, 0.4) is 0 Å². The van der Waals surface area contributed by atoms with E-state index in [1.807, 2.05) is 0 Å². The maximum absolute atomic E-state index is 11.0. The second-order valence-corrected chi connectivity index (χ2v) is 4.20. The summed E-state index contributed by atoms with van der Waals surface area (Å²) >= 11 is 5.53. The number of carboxylic acids is 1. The minimum Gasteiger partial charge on any atom is -0.493 e. The first-order valence-corrected chi connectivity index (χ1v) is 6.33. The Morgan fingerprint density at radius 1 is 1.40 bits per heavy atom. The molecule has 0 unspecified atom stereocenters. The van der Waals surface area contributed by atoms with Gasteiger partial charge in [0.15, 0.2) is 11.5 Å². The van der Waals surface area contributed by atoms with Crippen molar-refractivity contribution in [1.82, 2.24) is 0 Å². The van der Waals surface area contributed by atoms with E-state index in [4.69, 9.17) is 26.2 Å². The van der Waals surface area contributed by atoms with Crippen molar-refractivity contribution in [3.63, 3.8) is 0 Å². The smallest absolute Gasteiger partial charge is 0.342 e. The molecule has 0 fully saturated rings. The van der Waals surface area contributed by atoms with Gasteiger partial charge in [0.1, 0.15) is 5.56 Å². The SMILES string of the molecule is COc1cc(C(=O)O)c([N+](=O)[O-])cc1OCCCCCl. The van der Waals surface area contributed by atoms with Crippen LogP contribution in [0.15, 0.2) is 12.1 Å². The first kappa shape index (κ1) is 16.0. The van der Waals surface area contributed by atoms with E-state index in [9.17, 15) is 14.9 Å². The molecule has 0 aliphatic carbocycles. The Morgan fingerprint density at radius 3 is 2.60 bits per heavy atom. The highest BCUT2D eigenvalue weighted by Gasteiger charge is 2.24. The molecule has 0 saturated heterocycles. The number of nitro benzene ring substituents is 1. The summed E-state index contributed by atoms with van der Waals surface area (Å²) in [5.41, 5.74) is -0.981. The van der Waals surface area contributed by atoms with Gasteiger partial charge < -0.3 is 14.6 Å². The highest BCUT2D eigenvalue weighted by atomic mass is 35.5. The number of hydrogen-bond donors (Lipinski definition) is 1. The molecule has 7 nitrogen and oxygen atoms in total. The lowest BCUT2D eigenvalue weighted by Crippen LogP contribution is -2.06. The molecule has 0 amide bonds. The molecule has 0 aliphatic heterocycles. The second-order valence-electron chi connectivity index (χ2n) is 3.83. The number of aromatic carboxylic acids is 1. The summed E-state index contributed by atoms with van der Waals surface area (Å²) in [5, 5.41) is 19.8. The van der Waals surface area contributed by atoms with Gasteiger partial charge >= 0.3 is 5.97 Å². The molecule has 0 spiro atoms.